The molecule has 0 unspecified atom stereocenters. The van der Waals surface area contributed by atoms with E-state index in [-0.39, 0.29) is 0 Å². The van der Waals surface area contributed by atoms with E-state index in [1.54, 1.807) is 0 Å². The highest BCUT2D eigenvalue weighted by Gasteiger charge is 2.23. The van der Waals surface area contributed by atoms with Crippen LogP contribution in [0.4, 0.5) is 5.69 Å². The highest BCUT2D eigenvalue weighted by atomic mass is 15.3. The molecule has 0 bridgehead atoms. The number of aliphatic imine (C=N–C) groups is 1. The van der Waals surface area contributed by atoms with E-state index in [9.17, 15) is 0 Å². The van der Waals surface area contributed by atoms with Gasteiger partial charge in [-0.05, 0) is 28.8 Å². The average molecular weight is 534 g/mol. The molecular weight excluding hydrogens is 490 g/mol. The molecule has 0 amide bonds. The van der Waals surface area contributed by atoms with Crippen molar-refractivity contribution in [2.24, 2.45) is 4.99 Å². The van der Waals surface area contributed by atoms with Crippen molar-refractivity contribution < 1.29 is 0 Å². The van der Waals surface area contributed by atoms with E-state index < -0.39 is 0 Å². The lowest BCUT2D eigenvalue weighted by atomic mass is 9.96. The highest BCUT2D eigenvalue weighted by Crippen LogP contribution is 2.28. The van der Waals surface area contributed by atoms with Crippen molar-refractivity contribution in [2.45, 2.75) is 26.4 Å². The summed E-state index contributed by atoms with van der Waals surface area (Å²) in [6.07, 6.45) is 0. The zero-order valence-corrected chi connectivity index (χ0v) is 23.9. The van der Waals surface area contributed by atoms with Gasteiger partial charge in [0.25, 0.3) is 0 Å². The molecule has 2 heterocycles. The van der Waals surface area contributed by atoms with Crippen molar-refractivity contribution in [3.05, 3.63) is 138 Å². The molecule has 0 radical (unpaired) electrons. The Morgan fingerprint density at radius 3 is 1.68 bits per heavy atom. The third-order valence-electron chi connectivity index (χ3n) is 6.91. The molecule has 6 rings (SSSR count). The van der Waals surface area contributed by atoms with Crippen LogP contribution in [0.1, 0.15) is 36.6 Å². The van der Waals surface area contributed by atoms with Crippen molar-refractivity contribution in [1.29, 1.82) is 0 Å². The van der Waals surface area contributed by atoms with Crippen LogP contribution in [-0.4, -0.2) is 50.1 Å². The molecule has 1 saturated heterocycles. The lowest BCUT2D eigenvalue weighted by Gasteiger charge is -2.35. The quantitative estimate of drug-likeness (QED) is 0.303. The Balaban J connectivity index is 0.000000174. The monoisotopic (exact) mass is 533 g/mol. The van der Waals surface area contributed by atoms with Gasteiger partial charge in [0.15, 0.2) is 5.96 Å². The van der Waals surface area contributed by atoms with Crippen molar-refractivity contribution >= 4 is 11.6 Å². The van der Waals surface area contributed by atoms with E-state index in [4.69, 9.17) is 0 Å². The molecule has 1 fully saturated rings. The highest BCUT2D eigenvalue weighted by molar-refractivity contribution is 5.96. The molecule has 0 aliphatic carbocycles. The Morgan fingerprint density at radius 1 is 0.675 bits per heavy atom. The maximum Gasteiger partial charge on any atom is 0.198 e. The second-order valence-electron chi connectivity index (χ2n) is 9.55. The van der Waals surface area contributed by atoms with Crippen LogP contribution in [0.15, 0.2) is 126 Å². The van der Waals surface area contributed by atoms with E-state index in [1.165, 1.54) is 22.4 Å². The number of piperazine rings is 1. The summed E-state index contributed by atoms with van der Waals surface area (Å²) >= 11 is 0. The molecule has 0 spiro atoms. The third-order valence-corrected chi connectivity index (χ3v) is 6.91. The van der Waals surface area contributed by atoms with Crippen molar-refractivity contribution in [3.63, 3.8) is 0 Å². The fourth-order valence-corrected chi connectivity index (χ4v) is 5.05. The molecule has 5 heteroatoms. The van der Waals surface area contributed by atoms with Crippen LogP contribution in [0, 0.1) is 0 Å². The van der Waals surface area contributed by atoms with Crippen LogP contribution in [0.5, 0.6) is 0 Å². The van der Waals surface area contributed by atoms with Gasteiger partial charge < -0.3 is 15.5 Å². The van der Waals surface area contributed by atoms with Crippen LogP contribution in [0.2, 0.25) is 0 Å². The van der Waals surface area contributed by atoms with Gasteiger partial charge in [0, 0.05) is 38.4 Å². The zero-order valence-electron chi connectivity index (χ0n) is 23.9. The summed E-state index contributed by atoms with van der Waals surface area (Å²) in [6.45, 7) is 11.0. The van der Waals surface area contributed by atoms with Crippen LogP contribution >= 0.6 is 0 Å². The Kier molecular flexibility index (Phi) is 11.8. The summed E-state index contributed by atoms with van der Waals surface area (Å²) in [6, 6.07) is 42.9. The third kappa shape index (κ3) is 8.28. The maximum absolute atomic E-state index is 4.54. The SMILES string of the molecule is CC.c1ccc(C(c2ccccc2)N2CCNCC2)cc1.c1ccc(CN(C2=NCCN2)c2ccccc2)cc1. The first kappa shape index (κ1) is 29.1. The first-order valence-electron chi connectivity index (χ1n) is 14.6. The summed E-state index contributed by atoms with van der Waals surface area (Å²) in [5, 5.41) is 6.78. The molecule has 2 N–H and O–H groups in total. The van der Waals surface area contributed by atoms with Crippen LogP contribution in [0.25, 0.3) is 0 Å². The summed E-state index contributed by atoms with van der Waals surface area (Å²) in [7, 11) is 0. The Bertz CT molecular complexity index is 1200. The minimum Gasteiger partial charge on any atom is -0.354 e. The van der Waals surface area contributed by atoms with Crippen LogP contribution < -0.4 is 15.5 Å². The molecular formula is C35H43N5. The predicted molar refractivity (Wildman–Crippen MR) is 170 cm³/mol. The van der Waals surface area contributed by atoms with Crippen molar-refractivity contribution in [2.75, 3.05) is 44.2 Å². The number of nitrogens with zero attached hydrogens (tertiary/aromatic N) is 3. The van der Waals surface area contributed by atoms with Crippen molar-refractivity contribution in [3.8, 4) is 0 Å². The van der Waals surface area contributed by atoms with Gasteiger partial charge in [-0.3, -0.25) is 9.89 Å². The molecule has 40 heavy (non-hydrogen) atoms. The summed E-state index contributed by atoms with van der Waals surface area (Å²) in [4.78, 5) is 9.34. The first-order chi connectivity index (χ1) is 19.9. The fraction of sp³-hybridized carbons (Fsp3) is 0.286. The van der Waals surface area contributed by atoms with Gasteiger partial charge in [-0.1, -0.05) is 123 Å². The summed E-state index contributed by atoms with van der Waals surface area (Å²) in [5.41, 5.74) is 5.22. The van der Waals surface area contributed by atoms with Gasteiger partial charge in [0.05, 0.1) is 19.1 Å². The lowest BCUT2D eigenvalue weighted by Crippen LogP contribution is -2.45. The number of guanidine groups is 1. The number of hydrogen-bond donors (Lipinski definition) is 2. The van der Waals surface area contributed by atoms with Gasteiger partial charge in [-0.25, -0.2) is 0 Å². The van der Waals surface area contributed by atoms with Gasteiger partial charge in [-0.2, -0.15) is 0 Å². The van der Waals surface area contributed by atoms with Crippen molar-refractivity contribution in [1.82, 2.24) is 15.5 Å². The number of para-hydroxylation sites is 1. The Hall–Kier alpha value is -3.93. The molecule has 208 valence electrons. The van der Waals surface area contributed by atoms with Gasteiger partial charge in [0.1, 0.15) is 0 Å². The fourth-order valence-electron chi connectivity index (χ4n) is 5.05. The van der Waals surface area contributed by atoms with Gasteiger partial charge >= 0.3 is 0 Å². The van der Waals surface area contributed by atoms with Gasteiger partial charge in [-0.15, -0.1) is 0 Å². The number of nitrogens with one attached hydrogen (secondary N) is 2. The zero-order chi connectivity index (χ0) is 27.8. The maximum atomic E-state index is 4.54. The summed E-state index contributed by atoms with van der Waals surface area (Å²) < 4.78 is 0. The molecule has 4 aromatic rings. The second-order valence-corrected chi connectivity index (χ2v) is 9.55. The molecule has 0 saturated carbocycles. The Labute approximate surface area is 240 Å². The number of anilines is 1. The van der Waals surface area contributed by atoms with E-state index >= 15 is 0 Å². The molecule has 2 aliphatic heterocycles. The molecule has 0 aromatic heterocycles. The lowest BCUT2D eigenvalue weighted by molar-refractivity contribution is 0.198. The second kappa shape index (κ2) is 16.2. The van der Waals surface area contributed by atoms with Crippen LogP contribution in [0.3, 0.4) is 0 Å². The molecule has 4 aromatic carbocycles. The van der Waals surface area contributed by atoms with Gasteiger partial charge in [0.2, 0.25) is 0 Å². The minimum absolute atomic E-state index is 0.379. The van der Waals surface area contributed by atoms with E-state index in [2.05, 4.69) is 135 Å². The molecule has 0 atom stereocenters. The van der Waals surface area contributed by atoms with E-state index in [1.807, 2.05) is 26.0 Å². The largest absolute Gasteiger partial charge is 0.354 e. The number of hydrogen-bond acceptors (Lipinski definition) is 5. The molecule has 5 nitrogen and oxygen atoms in total. The average Bonchev–Trinajstić information content (AvgIpc) is 3.59. The van der Waals surface area contributed by atoms with E-state index in [0.29, 0.717) is 6.04 Å². The predicted octanol–water partition coefficient (Wildman–Crippen LogP) is 6.36. The number of rotatable bonds is 6. The van der Waals surface area contributed by atoms with Crippen LogP contribution in [-0.2, 0) is 6.54 Å². The Morgan fingerprint density at radius 2 is 1.18 bits per heavy atom. The smallest absolute Gasteiger partial charge is 0.198 e. The first-order valence-corrected chi connectivity index (χ1v) is 14.6. The summed E-state index contributed by atoms with van der Waals surface area (Å²) in [5.74, 6) is 0.968. The normalized spacial score (nSPS) is 14.6. The minimum atomic E-state index is 0.379. The standard InChI is InChI=1S/C17H20N2.C16H17N3.C2H6/c1-3-7-15(8-4-1)17(16-9-5-2-6-10-16)19-13-11-18-12-14-19;1-3-7-14(8-4-1)13-19(16-17-11-12-18-16)15-9-5-2-6-10-15;1-2/h1-10,17-18H,11-14H2;1-10H,11-13H2,(H,17,18);1-2H3. The number of benzene rings is 4. The van der Waals surface area contributed by atoms with E-state index in [0.717, 1.165) is 51.8 Å². The topological polar surface area (TPSA) is 42.9 Å². The molecule has 2 aliphatic rings.